The van der Waals surface area contributed by atoms with E-state index in [0.29, 0.717) is 18.9 Å². The van der Waals surface area contributed by atoms with Crippen LogP contribution in [0.5, 0.6) is 0 Å². The molecule has 3 fully saturated rings. The smallest absolute Gasteiger partial charge is 0.323 e. The van der Waals surface area contributed by atoms with Gasteiger partial charge in [0, 0.05) is 12.6 Å². The van der Waals surface area contributed by atoms with Crippen molar-refractivity contribution in [3.05, 3.63) is 0 Å². The van der Waals surface area contributed by atoms with Gasteiger partial charge in [0.05, 0.1) is 18.6 Å². The monoisotopic (exact) mass is 436 g/mol. The van der Waals surface area contributed by atoms with Gasteiger partial charge in [-0.2, -0.15) is 0 Å². The zero-order chi connectivity index (χ0) is 22.4. The topological polar surface area (TPSA) is 95.9 Å². The molecule has 1 aliphatic heterocycles. The van der Waals surface area contributed by atoms with Crippen molar-refractivity contribution in [1.29, 1.82) is 0 Å². The third-order valence-electron chi connectivity index (χ3n) is 7.67. The van der Waals surface area contributed by atoms with Crippen LogP contribution in [0.15, 0.2) is 0 Å². The number of aliphatic carboxylic acids is 1. The first-order chi connectivity index (χ1) is 14.9. The van der Waals surface area contributed by atoms with Gasteiger partial charge in [-0.25, -0.2) is 0 Å². The molecule has 1 saturated heterocycles. The van der Waals surface area contributed by atoms with Crippen LogP contribution in [0.4, 0.5) is 0 Å². The molecule has 0 spiro atoms. The quantitative estimate of drug-likeness (QED) is 0.538. The van der Waals surface area contributed by atoms with Crippen molar-refractivity contribution in [2.24, 2.45) is 17.8 Å². The molecule has 176 valence electrons. The summed E-state index contributed by atoms with van der Waals surface area (Å²) in [6, 6.07) is -1.04. The number of carbonyl (C=O) groups is 3. The number of carboxylic acid groups (broad SMARTS) is 1. The second-order valence-electron chi connectivity index (χ2n) is 9.73. The number of nitrogens with zero attached hydrogens (tertiary/aromatic N) is 1. The lowest BCUT2D eigenvalue weighted by atomic mass is 9.80. The fraction of sp³-hybridized carbons (Fsp3) is 0.875. The molecule has 7 heteroatoms. The number of likely N-dealkylation sites (tertiary alicyclic amines) is 1. The lowest BCUT2D eigenvalue weighted by Crippen LogP contribution is -2.52. The highest BCUT2D eigenvalue weighted by atomic mass is 16.5. The van der Waals surface area contributed by atoms with Gasteiger partial charge >= 0.3 is 11.9 Å². The van der Waals surface area contributed by atoms with E-state index in [1.807, 2.05) is 0 Å². The molecule has 0 bridgehead atoms. The maximum absolute atomic E-state index is 13.3. The molecule has 5 atom stereocenters. The second-order valence-corrected chi connectivity index (χ2v) is 9.73. The van der Waals surface area contributed by atoms with Gasteiger partial charge in [0.1, 0.15) is 6.04 Å². The summed E-state index contributed by atoms with van der Waals surface area (Å²) in [6.45, 7) is 4.19. The summed E-state index contributed by atoms with van der Waals surface area (Å²) in [5.41, 5.74) is 0. The zero-order valence-corrected chi connectivity index (χ0v) is 19.2. The molecule has 2 N–H and O–H groups in total. The van der Waals surface area contributed by atoms with E-state index < -0.39 is 24.0 Å². The highest BCUT2D eigenvalue weighted by molar-refractivity contribution is 5.85. The molecule has 0 radical (unpaired) electrons. The molecule has 2 unspecified atom stereocenters. The van der Waals surface area contributed by atoms with Crippen LogP contribution in [0.25, 0.3) is 0 Å². The maximum Gasteiger partial charge on any atom is 0.323 e. The fourth-order valence-electron chi connectivity index (χ4n) is 6.01. The fourth-order valence-corrected chi connectivity index (χ4v) is 6.01. The number of hydrogen-bond donors (Lipinski definition) is 2. The Morgan fingerprint density at radius 1 is 1.06 bits per heavy atom. The summed E-state index contributed by atoms with van der Waals surface area (Å²) in [6.07, 6.45) is 11.7. The predicted octanol–water partition coefficient (Wildman–Crippen LogP) is 3.36. The molecule has 7 nitrogen and oxygen atoms in total. The maximum atomic E-state index is 13.3. The Labute approximate surface area is 186 Å². The van der Waals surface area contributed by atoms with Crippen molar-refractivity contribution in [1.82, 2.24) is 10.2 Å². The number of nitrogens with one attached hydrogen (secondary N) is 1. The van der Waals surface area contributed by atoms with E-state index in [-0.39, 0.29) is 30.4 Å². The standard InChI is InChI=1S/C24H40N2O5/c1-3-31-24(30)20(14-13-17-9-5-4-6-10-17)25-16(2)22(27)26-15-19(23(28)29)18-11-7-8-12-21(18)26/h16-21,25H,3-15H2,1-2H3,(H,28,29)/t16-,18+,19?,20?,21-/m0/s1. The van der Waals surface area contributed by atoms with Gasteiger partial charge in [-0.15, -0.1) is 0 Å². The van der Waals surface area contributed by atoms with Crippen LogP contribution in [-0.4, -0.2) is 59.1 Å². The molecule has 3 rings (SSSR count). The zero-order valence-electron chi connectivity index (χ0n) is 19.2. The van der Waals surface area contributed by atoms with Crippen LogP contribution in [0.2, 0.25) is 0 Å². The number of carbonyl (C=O) groups excluding carboxylic acids is 2. The SMILES string of the molecule is CCOC(=O)C(CCC1CCCCC1)N[C@@H](C)C(=O)N1CC(C(=O)O)[C@H]2CCCC[C@@H]21. The Hall–Kier alpha value is -1.63. The molecule has 0 aromatic carbocycles. The Kier molecular flexibility index (Phi) is 8.76. The van der Waals surface area contributed by atoms with Gasteiger partial charge in [0.2, 0.25) is 5.91 Å². The van der Waals surface area contributed by atoms with Crippen molar-refractivity contribution < 1.29 is 24.2 Å². The highest BCUT2D eigenvalue weighted by Gasteiger charge is 2.48. The largest absolute Gasteiger partial charge is 0.481 e. The predicted molar refractivity (Wildman–Crippen MR) is 117 cm³/mol. The molecular weight excluding hydrogens is 396 g/mol. The lowest BCUT2D eigenvalue weighted by molar-refractivity contribution is -0.146. The Bertz CT molecular complexity index is 633. The Morgan fingerprint density at radius 2 is 1.74 bits per heavy atom. The molecule has 1 heterocycles. The molecule has 31 heavy (non-hydrogen) atoms. The van der Waals surface area contributed by atoms with Crippen LogP contribution < -0.4 is 5.32 Å². The van der Waals surface area contributed by atoms with Crippen LogP contribution in [0.3, 0.4) is 0 Å². The summed E-state index contributed by atoms with van der Waals surface area (Å²) in [7, 11) is 0. The van der Waals surface area contributed by atoms with E-state index in [0.717, 1.165) is 32.1 Å². The number of amides is 1. The van der Waals surface area contributed by atoms with Crippen LogP contribution in [0, 0.1) is 17.8 Å². The Balaban J connectivity index is 1.62. The second kappa shape index (κ2) is 11.3. The van der Waals surface area contributed by atoms with Crippen molar-refractivity contribution in [2.75, 3.05) is 13.2 Å². The van der Waals surface area contributed by atoms with Gasteiger partial charge in [0.15, 0.2) is 0 Å². The molecule has 0 aromatic heterocycles. The average molecular weight is 437 g/mol. The minimum absolute atomic E-state index is 0.00915. The highest BCUT2D eigenvalue weighted by Crippen LogP contribution is 2.40. The number of esters is 1. The van der Waals surface area contributed by atoms with Crippen molar-refractivity contribution in [3.63, 3.8) is 0 Å². The summed E-state index contributed by atoms with van der Waals surface area (Å²) >= 11 is 0. The summed E-state index contributed by atoms with van der Waals surface area (Å²) in [4.78, 5) is 39.4. The summed E-state index contributed by atoms with van der Waals surface area (Å²) in [5.74, 6) is -0.963. The van der Waals surface area contributed by atoms with E-state index >= 15 is 0 Å². The number of ether oxygens (including phenoxy) is 1. The lowest BCUT2D eigenvalue weighted by Gasteiger charge is -2.34. The van der Waals surface area contributed by atoms with E-state index in [1.54, 1.807) is 18.7 Å². The minimum Gasteiger partial charge on any atom is -0.481 e. The molecule has 1 amide bonds. The van der Waals surface area contributed by atoms with Crippen molar-refractivity contribution >= 4 is 17.8 Å². The van der Waals surface area contributed by atoms with Gasteiger partial charge < -0.3 is 14.7 Å². The molecule has 2 saturated carbocycles. The van der Waals surface area contributed by atoms with Crippen molar-refractivity contribution in [3.8, 4) is 0 Å². The summed E-state index contributed by atoms with van der Waals surface area (Å²) in [5, 5.41) is 12.9. The number of hydrogen-bond acceptors (Lipinski definition) is 5. The number of rotatable bonds is 9. The van der Waals surface area contributed by atoms with Gasteiger partial charge in [0.25, 0.3) is 0 Å². The van der Waals surface area contributed by atoms with Gasteiger partial charge in [-0.3, -0.25) is 19.7 Å². The number of carboxylic acids is 1. The summed E-state index contributed by atoms with van der Waals surface area (Å²) < 4.78 is 5.28. The third kappa shape index (κ3) is 5.99. The molecule has 0 aromatic rings. The first kappa shape index (κ1) is 24.0. The van der Waals surface area contributed by atoms with Gasteiger partial charge in [-0.1, -0.05) is 44.9 Å². The van der Waals surface area contributed by atoms with E-state index in [2.05, 4.69) is 5.32 Å². The first-order valence-electron chi connectivity index (χ1n) is 12.4. The normalized spacial score (nSPS) is 28.6. The van der Waals surface area contributed by atoms with E-state index in [9.17, 15) is 19.5 Å². The average Bonchev–Trinajstić information content (AvgIpc) is 3.16. The molecule has 3 aliphatic rings. The van der Waals surface area contributed by atoms with Crippen LogP contribution in [-0.2, 0) is 19.1 Å². The minimum atomic E-state index is -0.801. The van der Waals surface area contributed by atoms with Crippen LogP contribution in [0.1, 0.15) is 84.5 Å². The van der Waals surface area contributed by atoms with E-state index in [1.165, 1.54) is 32.1 Å². The first-order valence-corrected chi connectivity index (χ1v) is 12.4. The van der Waals surface area contributed by atoms with Crippen molar-refractivity contribution in [2.45, 2.75) is 103 Å². The third-order valence-corrected chi connectivity index (χ3v) is 7.67. The van der Waals surface area contributed by atoms with E-state index in [4.69, 9.17) is 4.74 Å². The number of fused-ring (bicyclic) bond motifs is 1. The molecule has 2 aliphatic carbocycles. The Morgan fingerprint density at radius 3 is 2.42 bits per heavy atom. The van der Waals surface area contributed by atoms with Gasteiger partial charge in [-0.05, 0) is 51.4 Å². The molecular formula is C24H40N2O5. The van der Waals surface area contributed by atoms with Crippen LogP contribution >= 0.6 is 0 Å².